The number of hydrogen-bond acceptors (Lipinski definition) is 3. The van der Waals surface area contributed by atoms with Crippen LogP contribution in [0.2, 0.25) is 0 Å². The van der Waals surface area contributed by atoms with Crippen molar-refractivity contribution in [2.45, 2.75) is 58.5 Å². The Hall–Kier alpha value is -2.63. The number of carbonyl (C=O) groups is 2. The van der Waals surface area contributed by atoms with Gasteiger partial charge in [-0.25, -0.2) is 4.98 Å². The number of amides is 2. The van der Waals surface area contributed by atoms with Gasteiger partial charge in [0.2, 0.25) is 5.91 Å². The molecule has 0 bridgehead atoms. The number of benzene rings is 1. The molecule has 0 radical (unpaired) electrons. The maximum absolute atomic E-state index is 12.3. The SMILES string of the molecule is CC(=O)N1Cc2c(C(N)=O)nc(-c3ccccc3)n2[C@H](C(C)C2CCCCC2)C1. The number of aromatic nitrogens is 2. The minimum Gasteiger partial charge on any atom is -0.364 e. The average Bonchev–Trinajstić information content (AvgIpc) is 3.14. The van der Waals surface area contributed by atoms with Gasteiger partial charge < -0.3 is 15.2 Å². The first-order valence-corrected chi connectivity index (χ1v) is 10.7. The maximum atomic E-state index is 12.3. The molecule has 2 N–H and O–H groups in total. The summed E-state index contributed by atoms with van der Waals surface area (Å²) in [5, 5.41) is 0. The van der Waals surface area contributed by atoms with E-state index < -0.39 is 5.91 Å². The van der Waals surface area contributed by atoms with E-state index in [1.165, 1.54) is 32.1 Å². The lowest BCUT2D eigenvalue weighted by Gasteiger charge is -2.41. The predicted molar refractivity (Wildman–Crippen MR) is 112 cm³/mol. The van der Waals surface area contributed by atoms with Crippen LogP contribution in [0.3, 0.4) is 0 Å². The molecule has 2 aliphatic rings. The van der Waals surface area contributed by atoms with Crippen LogP contribution in [0, 0.1) is 11.8 Å². The molecule has 1 aliphatic carbocycles. The molecule has 1 aromatic heterocycles. The number of nitrogens with zero attached hydrogens (tertiary/aromatic N) is 3. The summed E-state index contributed by atoms with van der Waals surface area (Å²) in [6.45, 7) is 4.92. The average molecular weight is 395 g/mol. The minimum atomic E-state index is -0.537. The van der Waals surface area contributed by atoms with Gasteiger partial charge in [0.05, 0.1) is 18.3 Å². The van der Waals surface area contributed by atoms with E-state index in [1.807, 2.05) is 35.2 Å². The summed E-state index contributed by atoms with van der Waals surface area (Å²) in [6, 6.07) is 10.0. The van der Waals surface area contributed by atoms with Gasteiger partial charge in [-0.1, -0.05) is 69.4 Å². The van der Waals surface area contributed by atoms with Gasteiger partial charge in [-0.15, -0.1) is 0 Å². The molecule has 1 fully saturated rings. The molecule has 1 saturated carbocycles. The van der Waals surface area contributed by atoms with E-state index in [0.717, 1.165) is 17.1 Å². The van der Waals surface area contributed by atoms with Gasteiger partial charge in [-0.05, 0) is 11.8 Å². The second kappa shape index (κ2) is 8.01. The molecule has 1 unspecified atom stereocenters. The van der Waals surface area contributed by atoms with E-state index in [4.69, 9.17) is 5.73 Å². The fourth-order valence-corrected chi connectivity index (χ4v) is 5.13. The van der Waals surface area contributed by atoms with E-state index in [2.05, 4.69) is 16.5 Å². The minimum absolute atomic E-state index is 0.0231. The first-order valence-electron chi connectivity index (χ1n) is 10.7. The van der Waals surface area contributed by atoms with Gasteiger partial charge in [-0.2, -0.15) is 0 Å². The molecule has 154 valence electrons. The quantitative estimate of drug-likeness (QED) is 0.857. The molecule has 0 saturated heterocycles. The molecule has 2 amide bonds. The lowest BCUT2D eigenvalue weighted by atomic mass is 9.77. The molecular weight excluding hydrogens is 364 g/mol. The highest BCUT2D eigenvalue weighted by atomic mass is 16.2. The third-order valence-corrected chi connectivity index (χ3v) is 6.80. The largest absolute Gasteiger partial charge is 0.364 e. The highest BCUT2D eigenvalue weighted by Gasteiger charge is 2.38. The number of carbonyl (C=O) groups excluding carboxylic acids is 2. The number of hydrogen-bond donors (Lipinski definition) is 1. The topological polar surface area (TPSA) is 81.2 Å². The molecule has 1 aromatic carbocycles. The predicted octanol–water partition coefficient (Wildman–Crippen LogP) is 3.77. The molecular formula is C23H30N4O2. The first kappa shape index (κ1) is 19.7. The number of primary amides is 1. The van der Waals surface area contributed by atoms with Crippen molar-refractivity contribution in [1.29, 1.82) is 0 Å². The zero-order valence-corrected chi connectivity index (χ0v) is 17.3. The fraction of sp³-hybridized carbons (Fsp3) is 0.522. The zero-order valence-electron chi connectivity index (χ0n) is 17.3. The van der Waals surface area contributed by atoms with E-state index >= 15 is 0 Å². The highest BCUT2D eigenvalue weighted by Crippen LogP contribution is 2.41. The van der Waals surface area contributed by atoms with Crippen LogP contribution >= 0.6 is 0 Å². The summed E-state index contributed by atoms with van der Waals surface area (Å²) >= 11 is 0. The molecule has 4 rings (SSSR count). The lowest BCUT2D eigenvalue weighted by Crippen LogP contribution is -2.44. The van der Waals surface area contributed by atoms with Crippen molar-refractivity contribution in [2.24, 2.45) is 17.6 Å². The van der Waals surface area contributed by atoms with Crippen molar-refractivity contribution in [3.63, 3.8) is 0 Å². The van der Waals surface area contributed by atoms with E-state index in [9.17, 15) is 9.59 Å². The Morgan fingerprint density at radius 3 is 2.45 bits per heavy atom. The molecule has 6 heteroatoms. The van der Waals surface area contributed by atoms with Gasteiger partial charge in [-0.3, -0.25) is 9.59 Å². The van der Waals surface area contributed by atoms with Crippen LogP contribution in [0.25, 0.3) is 11.4 Å². The molecule has 2 heterocycles. The van der Waals surface area contributed by atoms with Gasteiger partial charge in [0.25, 0.3) is 5.91 Å². The first-order chi connectivity index (χ1) is 14.0. The molecule has 1 aliphatic heterocycles. The Morgan fingerprint density at radius 1 is 1.14 bits per heavy atom. The summed E-state index contributed by atoms with van der Waals surface area (Å²) in [6.07, 6.45) is 6.31. The Morgan fingerprint density at radius 2 is 1.83 bits per heavy atom. The van der Waals surface area contributed by atoms with Crippen LogP contribution in [-0.2, 0) is 11.3 Å². The standard InChI is InChI=1S/C23H30N4O2/c1-15(17-9-5-3-6-10-17)19-13-26(16(2)28)14-20-21(22(24)29)25-23(27(19)20)18-11-7-4-8-12-18/h4,7-8,11-12,15,17,19H,3,5-6,9-10,13-14H2,1-2H3,(H2,24,29)/t15?,19-/m0/s1. The van der Waals surface area contributed by atoms with Crippen molar-refractivity contribution in [1.82, 2.24) is 14.5 Å². The van der Waals surface area contributed by atoms with Crippen molar-refractivity contribution in [3.8, 4) is 11.4 Å². The van der Waals surface area contributed by atoms with Gasteiger partial charge in [0, 0.05) is 19.0 Å². The van der Waals surface area contributed by atoms with E-state index in [1.54, 1.807) is 6.92 Å². The number of nitrogens with two attached hydrogens (primary N) is 1. The normalized spacial score (nSPS) is 20.9. The summed E-state index contributed by atoms with van der Waals surface area (Å²) in [7, 11) is 0. The summed E-state index contributed by atoms with van der Waals surface area (Å²) in [5.74, 6) is 1.27. The maximum Gasteiger partial charge on any atom is 0.269 e. The summed E-state index contributed by atoms with van der Waals surface area (Å²) in [4.78, 5) is 31.0. The molecule has 0 spiro atoms. The second-order valence-electron chi connectivity index (χ2n) is 8.56. The third kappa shape index (κ3) is 3.68. The van der Waals surface area contributed by atoms with Crippen LogP contribution < -0.4 is 5.73 Å². The molecule has 29 heavy (non-hydrogen) atoms. The van der Waals surface area contributed by atoms with Gasteiger partial charge >= 0.3 is 0 Å². The lowest BCUT2D eigenvalue weighted by molar-refractivity contribution is -0.131. The Labute approximate surface area is 172 Å². The highest BCUT2D eigenvalue weighted by molar-refractivity contribution is 5.93. The Balaban J connectivity index is 1.85. The van der Waals surface area contributed by atoms with E-state index in [0.29, 0.717) is 24.9 Å². The van der Waals surface area contributed by atoms with Crippen molar-refractivity contribution in [2.75, 3.05) is 6.54 Å². The van der Waals surface area contributed by atoms with Gasteiger partial charge in [0.1, 0.15) is 5.82 Å². The smallest absolute Gasteiger partial charge is 0.269 e. The van der Waals surface area contributed by atoms with Crippen molar-refractivity contribution in [3.05, 3.63) is 41.7 Å². The fourth-order valence-electron chi connectivity index (χ4n) is 5.13. The Bertz CT molecular complexity index is 899. The monoisotopic (exact) mass is 394 g/mol. The number of rotatable bonds is 4. The van der Waals surface area contributed by atoms with Gasteiger partial charge in [0.15, 0.2) is 5.69 Å². The number of imidazole rings is 1. The molecule has 2 atom stereocenters. The second-order valence-corrected chi connectivity index (χ2v) is 8.56. The van der Waals surface area contributed by atoms with Crippen molar-refractivity contribution >= 4 is 11.8 Å². The van der Waals surface area contributed by atoms with Crippen LogP contribution in [0.4, 0.5) is 0 Å². The van der Waals surface area contributed by atoms with Crippen LogP contribution in [0.15, 0.2) is 30.3 Å². The third-order valence-electron chi connectivity index (χ3n) is 6.80. The van der Waals surface area contributed by atoms with Crippen LogP contribution in [-0.4, -0.2) is 32.8 Å². The zero-order chi connectivity index (χ0) is 20.5. The van der Waals surface area contributed by atoms with Crippen LogP contribution in [0.1, 0.15) is 68.2 Å². The van der Waals surface area contributed by atoms with E-state index in [-0.39, 0.29) is 17.6 Å². The molecule has 6 nitrogen and oxygen atoms in total. The number of fused-ring (bicyclic) bond motifs is 1. The summed E-state index contributed by atoms with van der Waals surface area (Å²) in [5.41, 5.74) is 7.72. The molecule has 2 aromatic rings. The summed E-state index contributed by atoms with van der Waals surface area (Å²) < 4.78 is 2.22. The Kier molecular flexibility index (Phi) is 5.43. The van der Waals surface area contributed by atoms with Crippen LogP contribution in [0.5, 0.6) is 0 Å². The van der Waals surface area contributed by atoms with Crippen molar-refractivity contribution < 1.29 is 9.59 Å².